The van der Waals surface area contributed by atoms with Crippen LogP contribution in [0.2, 0.25) is 0 Å². The molecule has 8 heteroatoms. The Labute approximate surface area is 146 Å². The Morgan fingerprint density at radius 3 is 2.57 bits per heavy atom. The van der Waals surface area contributed by atoms with Gasteiger partial charge in [0.05, 0.1) is 8.66 Å². The second-order valence-corrected chi connectivity index (χ2v) is 8.58. The number of nitrogens with zero attached hydrogens (tertiary/aromatic N) is 1. The van der Waals surface area contributed by atoms with Crippen molar-refractivity contribution in [2.75, 3.05) is 5.32 Å². The van der Waals surface area contributed by atoms with E-state index < -0.39 is 6.04 Å². The van der Waals surface area contributed by atoms with Crippen molar-refractivity contribution in [2.45, 2.75) is 39.2 Å². The van der Waals surface area contributed by atoms with Gasteiger partial charge in [0.1, 0.15) is 11.8 Å². The molecule has 0 saturated heterocycles. The lowest BCUT2D eigenvalue weighted by atomic mass is 9.93. The zero-order chi connectivity index (χ0) is 17.2. The Morgan fingerprint density at radius 1 is 1.35 bits per heavy atom. The van der Waals surface area contributed by atoms with Crippen LogP contribution in [0.5, 0.6) is 0 Å². The van der Waals surface area contributed by atoms with E-state index in [4.69, 9.17) is 4.52 Å². The van der Waals surface area contributed by atoms with Gasteiger partial charge in [0.2, 0.25) is 5.91 Å². The number of nitrogens with one attached hydrogen (secondary N) is 2. The molecule has 2 heterocycles. The lowest BCUT2D eigenvalue weighted by Crippen LogP contribution is -2.41. The Kier molecular flexibility index (Phi) is 5.26. The first-order valence-corrected chi connectivity index (χ1v) is 8.62. The quantitative estimate of drug-likeness (QED) is 0.822. The molecule has 6 nitrogen and oxygen atoms in total. The summed E-state index contributed by atoms with van der Waals surface area (Å²) in [6, 6.07) is 4.47. The normalized spacial score (nSPS) is 12.7. The van der Waals surface area contributed by atoms with Crippen molar-refractivity contribution in [3.8, 4) is 0 Å². The summed E-state index contributed by atoms with van der Waals surface area (Å²) in [6.07, 6.45) is 0. The van der Waals surface area contributed by atoms with Crippen LogP contribution in [0, 0.1) is 0 Å². The predicted molar refractivity (Wildman–Crippen MR) is 92.8 cm³/mol. The maximum absolute atomic E-state index is 12.1. The molecule has 2 amide bonds. The Bertz CT molecular complexity index is 718. The van der Waals surface area contributed by atoms with Crippen LogP contribution in [-0.4, -0.2) is 23.0 Å². The summed E-state index contributed by atoms with van der Waals surface area (Å²) in [6.45, 7) is 7.57. The van der Waals surface area contributed by atoms with E-state index in [9.17, 15) is 9.59 Å². The molecule has 2 aromatic heterocycles. The third-order valence-corrected chi connectivity index (χ3v) is 4.66. The molecule has 2 rings (SSSR count). The number of anilines is 1. The summed E-state index contributed by atoms with van der Waals surface area (Å²) in [5.41, 5.74) is -0.192. The molecule has 0 aliphatic rings. The maximum Gasteiger partial charge on any atom is 0.262 e. The molecule has 2 N–H and O–H groups in total. The van der Waals surface area contributed by atoms with Crippen LogP contribution in [0.3, 0.4) is 0 Å². The molecular weight excluding hydrogens is 382 g/mol. The highest BCUT2D eigenvalue weighted by Crippen LogP contribution is 2.24. The standard InChI is InChI=1S/C15H18BrN3O3S/c1-8(17-14(21)9-5-6-11(16)23-9)13(20)18-12-7-10(22-19-12)15(2,3)4/h5-8H,1-4H3,(H,17,21)(H,18,19,20). The number of halogens is 1. The molecule has 0 saturated carbocycles. The molecule has 124 valence electrons. The van der Waals surface area contributed by atoms with Crippen molar-refractivity contribution in [1.82, 2.24) is 10.5 Å². The first-order chi connectivity index (χ1) is 10.7. The molecule has 1 unspecified atom stereocenters. The minimum absolute atomic E-state index is 0.192. The number of hydrogen-bond acceptors (Lipinski definition) is 5. The molecule has 23 heavy (non-hydrogen) atoms. The van der Waals surface area contributed by atoms with Crippen LogP contribution < -0.4 is 10.6 Å². The molecule has 0 aromatic carbocycles. The van der Waals surface area contributed by atoms with E-state index in [1.54, 1.807) is 25.1 Å². The van der Waals surface area contributed by atoms with Gasteiger partial charge >= 0.3 is 0 Å². The van der Waals surface area contributed by atoms with Crippen LogP contribution >= 0.6 is 27.3 Å². The fourth-order valence-electron chi connectivity index (χ4n) is 1.69. The van der Waals surface area contributed by atoms with Crippen LogP contribution in [0.4, 0.5) is 5.82 Å². The van der Waals surface area contributed by atoms with Crippen molar-refractivity contribution in [1.29, 1.82) is 0 Å². The van der Waals surface area contributed by atoms with Gasteiger partial charge in [-0.25, -0.2) is 0 Å². The Balaban J connectivity index is 1.95. The van der Waals surface area contributed by atoms with E-state index in [2.05, 4.69) is 31.7 Å². The molecule has 0 bridgehead atoms. The molecule has 0 aliphatic carbocycles. The summed E-state index contributed by atoms with van der Waals surface area (Å²) in [4.78, 5) is 24.7. The fraction of sp³-hybridized carbons (Fsp3) is 0.400. The van der Waals surface area contributed by atoms with Crippen molar-refractivity contribution >= 4 is 44.9 Å². The van der Waals surface area contributed by atoms with Crippen molar-refractivity contribution in [3.05, 3.63) is 32.6 Å². The van der Waals surface area contributed by atoms with E-state index in [0.29, 0.717) is 16.5 Å². The van der Waals surface area contributed by atoms with Gasteiger partial charge in [-0.15, -0.1) is 11.3 Å². The molecule has 0 aliphatic heterocycles. The number of amides is 2. The zero-order valence-corrected chi connectivity index (χ0v) is 15.7. The highest BCUT2D eigenvalue weighted by atomic mass is 79.9. The zero-order valence-electron chi connectivity index (χ0n) is 13.3. The van der Waals surface area contributed by atoms with Gasteiger partial charge in [0.15, 0.2) is 5.82 Å². The average molecular weight is 400 g/mol. The average Bonchev–Trinajstić information content (AvgIpc) is 3.07. The van der Waals surface area contributed by atoms with Crippen LogP contribution in [0.1, 0.15) is 43.1 Å². The molecule has 0 fully saturated rings. The number of aromatic nitrogens is 1. The highest BCUT2D eigenvalue weighted by Gasteiger charge is 2.22. The van der Waals surface area contributed by atoms with E-state index >= 15 is 0 Å². The summed E-state index contributed by atoms with van der Waals surface area (Å²) < 4.78 is 6.07. The summed E-state index contributed by atoms with van der Waals surface area (Å²) in [7, 11) is 0. The summed E-state index contributed by atoms with van der Waals surface area (Å²) in [5, 5.41) is 9.10. The molecule has 2 aromatic rings. The topological polar surface area (TPSA) is 84.2 Å². The monoisotopic (exact) mass is 399 g/mol. The van der Waals surface area contributed by atoms with Crippen molar-refractivity contribution in [2.24, 2.45) is 0 Å². The second kappa shape index (κ2) is 6.84. The van der Waals surface area contributed by atoms with Crippen LogP contribution in [0.25, 0.3) is 0 Å². The highest BCUT2D eigenvalue weighted by molar-refractivity contribution is 9.11. The van der Waals surface area contributed by atoms with Gasteiger partial charge in [-0.2, -0.15) is 0 Å². The SMILES string of the molecule is CC(NC(=O)c1ccc(Br)s1)C(=O)Nc1cc(C(C)(C)C)on1. The first-order valence-electron chi connectivity index (χ1n) is 7.01. The lowest BCUT2D eigenvalue weighted by Gasteiger charge is -2.13. The van der Waals surface area contributed by atoms with Gasteiger partial charge in [-0.1, -0.05) is 25.9 Å². The van der Waals surface area contributed by atoms with E-state index in [1.165, 1.54) is 11.3 Å². The van der Waals surface area contributed by atoms with Gasteiger partial charge in [-0.3, -0.25) is 9.59 Å². The summed E-state index contributed by atoms with van der Waals surface area (Å²) >= 11 is 4.60. The summed E-state index contributed by atoms with van der Waals surface area (Å²) in [5.74, 6) is 0.356. The van der Waals surface area contributed by atoms with Crippen LogP contribution in [0.15, 0.2) is 26.5 Å². The third kappa shape index (κ3) is 4.65. The van der Waals surface area contributed by atoms with Crippen molar-refractivity contribution < 1.29 is 14.1 Å². The second-order valence-electron chi connectivity index (χ2n) is 6.11. The van der Waals surface area contributed by atoms with E-state index in [-0.39, 0.29) is 17.2 Å². The first kappa shape index (κ1) is 17.7. The van der Waals surface area contributed by atoms with Crippen molar-refractivity contribution in [3.63, 3.8) is 0 Å². The molecule has 0 spiro atoms. The predicted octanol–water partition coefficient (Wildman–Crippen LogP) is 3.55. The smallest absolute Gasteiger partial charge is 0.262 e. The van der Waals surface area contributed by atoms with Gasteiger partial charge in [-0.05, 0) is 35.0 Å². The Hall–Kier alpha value is -1.67. The minimum atomic E-state index is -0.696. The number of thiophene rings is 1. The number of carbonyl (C=O) groups excluding carboxylic acids is 2. The van der Waals surface area contributed by atoms with Crippen LogP contribution in [-0.2, 0) is 10.2 Å². The largest absolute Gasteiger partial charge is 0.359 e. The Morgan fingerprint density at radius 2 is 2.04 bits per heavy atom. The fourth-order valence-corrected chi connectivity index (χ4v) is 2.98. The maximum atomic E-state index is 12.1. The lowest BCUT2D eigenvalue weighted by molar-refractivity contribution is -0.117. The number of rotatable bonds is 4. The van der Waals surface area contributed by atoms with E-state index in [1.807, 2.05) is 20.8 Å². The van der Waals surface area contributed by atoms with Gasteiger partial charge < -0.3 is 15.2 Å². The molecule has 1 atom stereocenters. The minimum Gasteiger partial charge on any atom is -0.359 e. The number of carbonyl (C=O) groups is 2. The molecule has 0 radical (unpaired) electrons. The van der Waals surface area contributed by atoms with Gasteiger partial charge in [0, 0.05) is 11.5 Å². The van der Waals surface area contributed by atoms with E-state index in [0.717, 1.165) is 3.79 Å². The molecular formula is C15H18BrN3O3S. The van der Waals surface area contributed by atoms with Gasteiger partial charge in [0.25, 0.3) is 5.91 Å². The third-order valence-electron chi connectivity index (χ3n) is 3.04. The number of hydrogen-bond donors (Lipinski definition) is 2.